The van der Waals surface area contributed by atoms with Gasteiger partial charge < -0.3 is 19.5 Å². The number of fused-ring (bicyclic) bond motifs is 2. The second-order valence-electron chi connectivity index (χ2n) is 8.15. The Morgan fingerprint density at radius 1 is 1.37 bits per heavy atom. The molecule has 0 saturated heterocycles. The Labute approximate surface area is 178 Å². The summed E-state index contributed by atoms with van der Waals surface area (Å²) in [5.41, 5.74) is 2.58. The van der Waals surface area contributed by atoms with Crippen LogP contribution in [0.3, 0.4) is 0 Å². The summed E-state index contributed by atoms with van der Waals surface area (Å²) in [6, 6.07) is 9.54. The normalized spacial score (nSPS) is 19.0. The number of carbonyl (C=O) groups is 2. The molecule has 1 saturated carbocycles. The molecule has 1 aliphatic carbocycles. The number of nitrogens with one attached hydrogen (secondary N) is 2. The van der Waals surface area contributed by atoms with Crippen molar-refractivity contribution in [1.82, 2.24) is 25.0 Å². The van der Waals surface area contributed by atoms with Gasteiger partial charge in [-0.2, -0.15) is 5.10 Å². The van der Waals surface area contributed by atoms with Gasteiger partial charge in [0.2, 0.25) is 0 Å². The van der Waals surface area contributed by atoms with Crippen LogP contribution in [0.5, 0.6) is 0 Å². The van der Waals surface area contributed by atoms with Crippen LogP contribution >= 0.6 is 0 Å². The largest absolute Gasteiger partial charge is 0.382 e. The van der Waals surface area contributed by atoms with Gasteiger partial charge in [0.25, 0.3) is 11.8 Å². The summed E-state index contributed by atoms with van der Waals surface area (Å²) in [7, 11) is -0.857. The molecule has 0 spiro atoms. The third kappa shape index (κ3) is 2.99. The van der Waals surface area contributed by atoms with E-state index in [4.69, 9.17) is 8.85 Å². The molecule has 0 unspecified atom stereocenters. The molecular formula is C22H25N5O3. The first kappa shape index (κ1) is 15.7. The molecule has 1 aliphatic heterocycles. The topological polar surface area (TPSA) is 94.3 Å². The van der Waals surface area contributed by atoms with Crippen molar-refractivity contribution in [2.75, 3.05) is 27.2 Å². The minimum atomic E-state index is -2.51. The molecule has 1 fully saturated rings. The third-order valence-electron chi connectivity index (χ3n) is 6.37. The molecule has 8 heteroatoms. The molecule has 2 aliphatic rings. The van der Waals surface area contributed by atoms with Crippen molar-refractivity contribution in [2.24, 2.45) is 0 Å². The highest BCUT2D eigenvalue weighted by Crippen LogP contribution is 2.42. The van der Waals surface area contributed by atoms with Crippen LogP contribution in [0, 0.1) is 0 Å². The summed E-state index contributed by atoms with van der Waals surface area (Å²) in [5, 5.41) is 8.17. The molecule has 0 bridgehead atoms. The van der Waals surface area contributed by atoms with E-state index in [1.54, 1.807) is 11.9 Å². The number of H-pyrrole nitrogens is 2. The zero-order valence-electron chi connectivity index (χ0n) is 19.7. The van der Waals surface area contributed by atoms with Crippen molar-refractivity contribution in [2.45, 2.75) is 31.3 Å². The van der Waals surface area contributed by atoms with E-state index in [-0.39, 0.29) is 30.7 Å². The van der Waals surface area contributed by atoms with E-state index in [1.165, 1.54) is 4.90 Å². The molecule has 5 rings (SSSR count). The second-order valence-corrected chi connectivity index (χ2v) is 8.15. The highest BCUT2D eigenvalue weighted by molar-refractivity contribution is 5.99. The smallest absolute Gasteiger partial charge is 0.274 e. The molecule has 3 heterocycles. The van der Waals surface area contributed by atoms with Crippen LogP contribution in [0.4, 0.5) is 0 Å². The SMILES string of the molecule is [2H]C([2H])([2H])OCC1(N(C)C(=O)c2n[nH]c3c2CN(C(=O)c2cc4ccccc4[nH]2)CC3)CC1. The Bertz CT molecular complexity index is 1190. The first-order chi connectivity index (χ1) is 15.7. The lowest BCUT2D eigenvalue weighted by molar-refractivity contribution is 0.0541. The lowest BCUT2D eigenvalue weighted by Crippen LogP contribution is -2.43. The molecule has 2 aromatic heterocycles. The van der Waals surface area contributed by atoms with Crippen LogP contribution in [0.2, 0.25) is 0 Å². The maximum absolute atomic E-state index is 13.3. The summed E-state index contributed by atoms with van der Waals surface area (Å²) in [6.45, 7) is 0.736. The molecule has 2 amide bonds. The van der Waals surface area contributed by atoms with E-state index in [0.29, 0.717) is 37.1 Å². The van der Waals surface area contributed by atoms with Crippen LogP contribution in [0.1, 0.15) is 49.2 Å². The predicted octanol–water partition coefficient (Wildman–Crippen LogP) is 2.34. The van der Waals surface area contributed by atoms with Gasteiger partial charge in [-0.15, -0.1) is 0 Å². The van der Waals surface area contributed by atoms with Crippen LogP contribution < -0.4 is 0 Å². The van der Waals surface area contributed by atoms with Gasteiger partial charge in [-0.1, -0.05) is 18.2 Å². The summed E-state index contributed by atoms with van der Waals surface area (Å²) in [5.74, 6) is -0.436. The predicted molar refractivity (Wildman–Crippen MR) is 111 cm³/mol. The number of likely N-dealkylation sites (N-methyl/N-ethyl adjacent to an activating group) is 1. The van der Waals surface area contributed by atoms with Gasteiger partial charge in [-0.3, -0.25) is 14.7 Å². The van der Waals surface area contributed by atoms with E-state index in [1.807, 2.05) is 30.3 Å². The number of hydrogen-bond donors (Lipinski definition) is 2. The number of amides is 2. The Morgan fingerprint density at radius 3 is 2.97 bits per heavy atom. The number of hydrogen-bond acceptors (Lipinski definition) is 4. The van der Waals surface area contributed by atoms with Crippen molar-refractivity contribution in [3.63, 3.8) is 0 Å². The van der Waals surface area contributed by atoms with E-state index in [2.05, 4.69) is 15.2 Å². The lowest BCUT2D eigenvalue weighted by atomic mass is 10.0. The molecular weight excluding hydrogens is 382 g/mol. The quantitative estimate of drug-likeness (QED) is 0.675. The second kappa shape index (κ2) is 6.98. The van der Waals surface area contributed by atoms with E-state index in [0.717, 1.165) is 16.6 Å². The molecule has 0 radical (unpaired) electrons. The monoisotopic (exact) mass is 410 g/mol. The Hall–Kier alpha value is -3.13. The number of carbonyl (C=O) groups excluding carboxylic acids is 2. The van der Waals surface area contributed by atoms with Crippen LogP contribution in [-0.2, 0) is 17.7 Å². The minimum Gasteiger partial charge on any atom is -0.382 e. The van der Waals surface area contributed by atoms with Crippen LogP contribution in [0.15, 0.2) is 30.3 Å². The van der Waals surface area contributed by atoms with Crippen LogP contribution in [0.25, 0.3) is 10.9 Å². The average Bonchev–Trinajstić information content (AvgIpc) is 3.27. The van der Waals surface area contributed by atoms with Gasteiger partial charge in [-0.25, -0.2) is 0 Å². The molecule has 2 N–H and O–H groups in total. The minimum absolute atomic E-state index is 0.0522. The first-order valence-electron chi connectivity index (χ1n) is 11.5. The number of aromatic nitrogens is 3. The van der Waals surface area contributed by atoms with Gasteiger partial charge in [0.05, 0.1) is 22.8 Å². The number of methoxy groups -OCH3 is 1. The Balaban J connectivity index is 1.34. The zero-order valence-corrected chi connectivity index (χ0v) is 16.7. The van der Waals surface area contributed by atoms with Crippen molar-refractivity contribution < 1.29 is 18.4 Å². The highest BCUT2D eigenvalue weighted by atomic mass is 16.5. The van der Waals surface area contributed by atoms with Gasteiger partial charge in [-0.05, 0) is 25.0 Å². The van der Waals surface area contributed by atoms with Crippen molar-refractivity contribution in [3.05, 3.63) is 53.0 Å². The molecule has 0 atom stereocenters. The fraction of sp³-hybridized carbons (Fsp3) is 0.409. The summed E-state index contributed by atoms with van der Waals surface area (Å²) in [6.07, 6.45) is 1.91. The van der Waals surface area contributed by atoms with Crippen molar-refractivity contribution in [3.8, 4) is 0 Å². The van der Waals surface area contributed by atoms with E-state index < -0.39 is 12.6 Å². The third-order valence-corrected chi connectivity index (χ3v) is 6.37. The molecule has 3 aromatic rings. The van der Waals surface area contributed by atoms with Crippen molar-refractivity contribution in [1.29, 1.82) is 0 Å². The number of nitrogens with zero attached hydrogens (tertiary/aromatic N) is 3. The Kier molecular flexibility index (Phi) is 3.65. The average molecular weight is 410 g/mol. The number of aromatic amines is 2. The maximum atomic E-state index is 13.3. The van der Waals surface area contributed by atoms with Gasteiger partial charge in [0, 0.05) is 49.2 Å². The van der Waals surface area contributed by atoms with Crippen molar-refractivity contribution >= 4 is 22.7 Å². The molecule has 156 valence electrons. The molecule has 30 heavy (non-hydrogen) atoms. The Morgan fingerprint density at radius 2 is 2.20 bits per heavy atom. The summed E-state index contributed by atoms with van der Waals surface area (Å²) >= 11 is 0. The van der Waals surface area contributed by atoms with Gasteiger partial charge >= 0.3 is 0 Å². The van der Waals surface area contributed by atoms with E-state index in [9.17, 15) is 9.59 Å². The van der Waals surface area contributed by atoms with Gasteiger partial charge in [0.1, 0.15) is 5.69 Å². The highest BCUT2D eigenvalue weighted by Gasteiger charge is 2.49. The number of rotatable bonds is 5. The van der Waals surface area contributed by atoms with Crippen LogP contribution in [-0.4, -0.2) is 69.6 Å². The molecule has 1 aromatic carbocycles. The lowest BCUT2D eigenvalue weighted by Gasteiger charge is -2.29. The van der Waals surface area contributed by atoms with E-state index >= 15 is 0 Å². The van der Waals surface area contributed by atoms with Gasteiger partial charge in [0.15, 0.2) is 5.69 Å². The fourth-order valence-electron chi connectivity index (χ4n) is 4.23. The molecule has 8 nitrogen and oxygen atoms in total. The number of benzene rings is 1. The summed E-state index contributed by atoms with van der Waals surface area (Å²) < 4.78 is 26.8. The standard InChI is InChI=1S/C22H25N5O3/c1-26(22(8-9-22)13-30-2)21(29)19-15-12-27(10-7-17(15)24-25-19)20(28)18-11-14-5-3-4-6-16(14)23-18/h3-6,11,23H,7-10,12-13H2,1-2H3,(H,24,25)/i2D3. The maximum Gasteiger partial charge on any atom is 0.274 e. The first-order valence-corrected chi connectivity index (χ1v) is 10.0. The zero-order chi connectivity index (χ0) is 23.4. The number of ether oxygens (including phenoxy) is 1. The fourth-order valence-corrected chi connectivity index (χ4v) is 4.23. The number of para-hydroxylation sites is 1. The summed E-state index contributed by atoms with van der Waals surface area (Å²) in [4.78, 5) is 32.9.